The average Bonchev–Trinajstić information content (AvgIpc) is 3.01. The highest BCUT2D eigenvalue weighted by Gasteiger charge is 2.19. The van der Waals surface area contributed by atoms with Crippen molar-refractivity contribution in [3.8, 4) is 11.3 Å². The molecule has 2 heterocycles. The molecule has 0 aliphatic carbocycles. The standard InChI is InChI=1S/C19H13F3N4O2S/c1-10-4-16-18(23-9-24-19(16)25-10)15-3-2-13(8-17(15)22)26-29(27,28)14-6-11(20)5-12(21)7-14/h2-9,26H,1H3,(H,23,24,25). The molecule has 0 radical (unpaired) electrons. The van der Waals surface area contributed by atoms with Crippen LogP contribution in [0.5, 0.6) is 0 Å². The summed E-state index contributed by atoms with van der Waals surface area (Å²) in [6.07, 6.45) is 1.29. The van der Waals surface area contributed by atoms with E-state index in [1.54, 1.807) is 6.07 Å². The molecule has 4 aromatic rings. The van der Waals surface area contributed by atoms with Crippen molar-refractivity contribution in [2.75, 3.05) is 4.72 Å². The van der Waals surface area contributed by atoms with E-state index >= 15 is 0 Å². The van der Waals surface area contributed by atoms with Crippen molar-refractivity contribution in [1.29, 1.82) is 0 Å². The van der Waals surface area contributed by atoms with E-state index in [0.717, 1.165) is 11.8 Å². The normalized spacial score (nSPS) is 11.7. The molecule has 0 atom stereocenters. The largest absolute Gasteiger partial charge is 0.343 e. The van der Waals surface area contributed by atoms with Crippen molar-refractivity contribution in [2.45, 2.75) is 11.8 Å². The maximum Gasteiger partial charge on any atom is 0.262 e. The Kier molecular flexibility index (Phi) is 4.50. The summed E-state index contributed by atoms with van der Waals surface area (Å²) in [6, 6.07) is 7.33. The van der Waals surface area contributed by atoms with E-state index in [1.165, 1.54) is 18.5 Å². The summed E-state index contributed by atoms with van der Waals surface area (Å²) in [6.45, 7) is 1.83. The highest BCUT2D eigenvalue weighted by atomic mass is 32.2. The van der Waals surface area contributed by atoms with Gasteiger partial charge in [-0.25, -0.2) is 31.6 Å². The molecule has 0 spiro atoms. The zero-order valence-corrected chi connectivity index (χ0v) is 15.7. The predicted molar refractivity (Wildman–Crippen MR) is 101 cm³/mol. The zero-order chi connectivity index (χ0) is 20.8. The Labute approximate surface area is 163 Å². The monoisotopic (exact) mass is 418 g/mol. The fourth-order valence-corrected chi connectivity index (χ4v) is 4.04. The van der Waals surface area contributed by atoms with E-state index in [4.69, 9.17) is 0 Å². The summed E-state index contributed by atoms with van der Waals surface area (Å²) in [5.41, 5.74) is 1.76. The number of anilines is 1. The van der Waals surface area contributed by atoms with Gasteiger partial charge in [0, 0.05) is 22.7 Å². The zero-order valence-electron chi connectivity index (χ0n) is 14.9. The molecule has 2 aromatic carbocycles. The minimum atomic E-state index is -4.31. The molecule has 29 heavy (non-hydrogen) atoms. The van der Waals surface area contributed by atoms with Gasteiger partial charge in [-0.1, -0.05) is 0 Å². The Hall–Kier alpha value is -3.40. The predicted octanol–water partition coefficient (Wildman–Crippen LogP) is 4.15. The molecule has 2 aromatic heterocycles. The topological polar surface area (TPSA) is 87.7 Å². The number of hydrogen-bond acceptors (Lipinski definition) is 4. The minimum absolute atomic E-state index is 0.105. The van der Waals surface area contributed by atoms with E-state index in [1.807, 2.05) is 6.92 Å². The lowest BCUT2D eigenvalue weighted by molar-refractivity contribution is 0.568. The van der Waals surface area contributed by atoms with E-state index in [9.17, 15) is 21.6 Å². The number of benzene rings is 2. The van der Waals surface area contributed by atoms with Crippen molar-refractivity contribution in [1.82, 2.24) is 15.0 Å². The molecular weight excluding hydrogens is 405 g/mol. The molecule has 148 valence electrons. The molecule has 2 N–H and O–H groups in total. The number of nitrogens with one attached hydrogen (secondary N) is 2. The molecule has 0 saturated heterocycles. The van der Waals surface area contributed by atoms with Gasteiger partial charge in [0.15, 0.2) is 0 Å². The van der Waals surface area contributed by atoms with Crippen molar-refractivity contribution >= 4 is 26.7 Å². The first-order valence-electron chi connectivity index (χ1n) is 8.32. The molecule has 0 unspecified atom stereocenters. The Morgan fingerprint density at radius 2 is 1.69 bits per heavy atom. The number of halogens is 3. The summed E-state index contributed by atoms with van der Waals surface area (Å²) in [5.74, 6) is -2.81. The molecule has 0 aliphatic rings. The van der Waals surface area contributed by atoms with Crippen LogP contribution in [0.3, 0.4) is 0 Å². The molecule has 4 rings (SSSR count). The van der Waals surface area contributed by atoms with Crippen LogP contribution in [-0.2, 0) is 10.0 Å². The number of nitrogens with zero attached hydrogens (tertiary/aromatic N) is 2. The number of aromatic nitrogens is 3. The Morgan fingerprint density at radius 3 is 2.38 bits per heavy atom. The van der Waals surface area contributed by atoms with Gasteiger partial charge in [-0.2, -0.15) is 0 Å². The SMILES string of the molecule is Cc1cc2c(-c3ccc(NS(=O)(=O)c4cc(F)cc(F)c4)cc3F)ncnc2[nH]1. The molecule has 0 bridgehead atoms. The lowest BCUT2D eigenvalue weighted by Crippen LogP contribution is -2.13. The summed E-state index contributed by atoms with van der Waals surface area (Å²) in [4.78, 5) is 10.6. The van der Waals surface area contributed by atoms with Gasteiger partial charge in [-0.15, -0.1) is 0 Å². The van der Waals surface area contributed by atoms with Crippen LogP contribution in [0.1, 0.15) is 5.69 Å². The van der Waals surface area contributed by atoms with Gasteiger partial charge < -0.3 is 4.98 Å². The number of sulfonamides is 1. The van der Waals surface area contributed by atoms with Crippen LogP contribution >= 0.6 is 0 Å². The molecule has 10 heteroatoms. The van der Waals surface area contributed by atoms with E-state index in [2.05, 4.69) is 19.7 Å². The first-order chi connectivity index (χ1) is 13.7. The second-order valence-electron chi connectivity index (χ2n) is 6.34. The van der Waals surface area contributed by atoms with Crippen LogP contribution in [0, 0.1) is 24.4 Å². The molecule has 0 saturated carbocycles. The highest BCUT2D eigenvalue weighted by Crippen LogP contribution is 2.30. The third-order valence-corrected chi connectivity index (χ3v) is 5.54. The van der Waals surface area contributed by atoms with Gasteiger partial charge in [0.2, 0.25) is 0 Å². The third kappa shape index (κ3) is 3.66. The third-order valence-electron chi connectivity index (χ3n) is 4.18. The molecule has 6 nitrogen and oxygen atoms in total. The molecule has 0 aliphatic heterocycles. The van der Waals surface area contributed by atoms with Gasteiger partial charge in [0.25, 0.3) is 10.0 Å². The van der Waals surface area contributed by atoms with Crippen molar-refractivity contribution in [2.24, 2.45) is 0 Å². The van der Waals surface area contributed by atoms with Crippen molar-refractivity contribution in [3.63, 3.8) is 0 Å². The van der Waals surface area contributed by atoms with Crippen LogP contribution in [0.15, 0.2) is 53.7 Å². The molecule has 0 amide bonds. The second kappa shape index (κ2) is 6.89. The second-order valence-corrected chi connectivity index (χ2v) is 8.02. The van der Waals surface area contributed by atoms with Crippen molar-refractivity contribution in [3.05, 3.63) is 71.9 Å². The van der Waals surface area contributed by atoms with E-state index in [-0.39, 0.29) is 11.3 Å². The minimum Gasteiger partial charge on any atom is -0.343 e. The number of H-pyrrole nitrogens is 1. The van der Waals surface area contributed by atoms with Crippen LogP contribution < -0.4 is 4.72 Å². The summed E-state index contributed by atoms with van der Waals surface area (Å²) in [7, 11) is -4.31. The van der Waals surface area contributed by atoms with Gasteiger partial charge in [0.05, 0.1) is 16.3 Å². The van der Waals surface area contributed by atoms with Gasteiger partial charge >= 0.3 is 0 Å². The van der Waals surface area contributed by atoms with Gasteiger partial charge in [-0.3, -0.25) is 4.72 Å². The maximum absolute atomic E-state index is 14.8. The van der Waals surface area contributed by atoms with E-state index < -0.39 is 32.4 Å². The number of hydrogen-bond donors (Lipinski definition) is 2. The number of fused-ring (bicyclic) bond motifs is 1. The maximum atomic E-state index is 14.8. The number of aryl methyl sites for hydroxylation is 1. The number of aromatic amines is 1. The Balaban J connectivity index is 1.70. The van der Waals surface area contributed by atoms with Crippen molar-refractivity contribution < 1.29 is 21.6 Å². The number of rotatable bonds is 4. The van der Waals surface area contributed by atoms with Gasteiger partial charge in [-0.05, 0) is 43.3 Å². The average molecular weight is 418 g/mol. The fraction of sp³-hybridized carbons (Fsp3) is 0.0526. The summed E-state index contributed by atoms with van der Waals surface area (Å²) >= 11 is 0. The molecule has 0 fully saturated rings. The Morgan fingerprint density at radius 1 is 0.966 bits per heavy atom. The highest BCUT2D eigenvalue weighted by molar-refractivity contribution is 7.92. The lowest BCUT2D eigenvalue weighted by Gasteiger charge is -2.10. The van der Waals surface area contributed by atoms with E-state index in [0.29, 0.717) is 34.9 Å². The Bertz CT molecular complexity index is 1330. The smallest absolute Gasteiger partial charge is 0.262 e. The summed E-state index contributed by atoms with van der Waals surface area (Å²) < 4.78 is 68.2. The molecular formula is C19H13F3N4O2S. The van der Waals surface area contributed by atoms with Crippen LogP contribution in [-0.4, -0.2) is 23.4 Å². The fourth-order valence-electron chi connectivity index (χ4n) is 2.95. The van der Waals surface area contributed by atoms with Crippen LogP contribution in [0.25, 0.3) is 22.3 Å². The van der Waals surface area contributed by atoms with Crippen LogP contribution in [0.2, 0.25) is 0 Å². The first kappa shape index (κ1) is 18.9. The van der Waals surface area contributed by atoms with Crippen LogP contribution in [0.4, 0.5) is 18.9 Å². The summed E-state index contributed by atoms with van der Waals surface area (Å²) in [5, 5.41) is 0.618. The lowest BCUT2D eigenvalue weighted by atomic mass is 10.1. The first-order valence-corrected chi connectivity index (χ1v) is 9.80. The van der Waals surface area contributed by atoms with Gasteiger partial charge in [0.1, 0.15) is 29.4 Å². The quantitative estimate of drug-likeness (QED) is 0.521.